The highest BCUT2D eigenvalue weighted by Gasteiger charge is 2.17. The molecular formula is C15H13ClN2O2S. The molecule has 0 saturated carbocycles. The second kappa shape index (κ2) is 6.11. The molecule has 0 aliphatic rings. The van der Waals surface area contributed by atoms with Crippen LogP contribution in [-0.4, -0.2) is 23.0 Å². The number of anilines is 1. The minimum atomic E-state index is -0.341. The molecule has 0 bridgehead atoms. The summed E-state index contributed by atoms with van der Waals surface area (Å²) >= 11 is 10.6. The number of phenolic OH excluding ortho intramolecular Hbond substituents is 1. The van der Waals surface area contributed by atoms with Crippen molar-refractivity contribution in [1.29, 1.82) is 0 Å². The molecule has 0 heterocycles. The number of thiocarbonyl (C=S) groups is 1. The highest BCUT2D eigenvalue weighted by Crippen LogP contribution is 2.25. The van der Waals surface area contributed by atoms with Crippen LogP contribution in [0, 0.1) is 0 Å². The van der Waals surface area contributed by atoms with Crippen LogP contribution in [0.2, 0.25) is 5.02 Å². The third kappa shape index (κ3) is 3.32. The fraction of sp³-hybridized carbons (Fsp3) is 0.0667. The quantitative estimate of drug-likeness (QED) is 0.853. The summed E-state index contributed by atoms with van der Waals surface area (Å²) in [6.45, 7) is 0. The highest BCUT2D eigenvalue weighted by molar-refractivity contribution is 7.80. The van der Waals surface area contributed by atoms with Gasteiger partial charge in [-0.1, -0.05) is 23.8 Å². The Labute approximate surface area is 132 Å². The molecule has 0 aliphatic carbocycles. The van der Waals surface area contributed by atoms with Crippen molar-refractivity contribution >= 4 is 40.4 Å². The molecule has 4 nitrogen and oxygen atoms in total. The van der Waals surface area contributed by atoms with Gasteiger partial charge in [0.15, 0.2) is 0 Å². The second-order valence-electron chi connectivity index (χ2n) is 4.44. The van der Waals surface area contributed by atoms with Gasteiger partial charge in [0.05, 0.1) is 5.56 Å². The van der Waals surface area contributed by atoms with Gasteiger partial charge in [-0.2, -0.15) is 0 Å². The molecule has 0 saturated heterocycles. The van der Waals surface area contributed by atoms with Gasteiger partial charge in [0.1, 0.15) is 10.7 Å². The number of rotatable bonds is 3. The fourth-order valence-electron chi connectivity index (χ4n) is 1.83. The number of nitrogens with two attached hydrogens (primary N) is 1. The minimum absolute atomic E-state index is 0.154. The largest absolute Gasteiger partial charge is 0.507 e. The maximum Gasteiger partial charge on any atom is 0.261 e. The van der Waals surface area contributed by atoms with Gasteiger partial charge in [0.25, 0.3) is 5.91 Å². The van der Waals surface area contributed by atoms with Gasteiger partial charge in [-0.3, -0.25) is 4.79 Å². The summed E-state index contributed by atoms with van der Waals surface area (Å²) < 4.78 is 0. The van der Waals surface area contributed by atoms with E-state index in [-0.39, 0.29) is 17.2 Å². The Morgan fingerprint density at radius 3 is 2.38 bits per heavy atom. The van der Waals surface area contributed by atoms with Crippen molar-refractivity contribution in [2.24, 2.45) is 5.73 Å². The Kier molecular flexibility index (Phi) is 4.45. The van der Waals surface area contributed by atoms with E-state index in [9.17, 15) is 9.90 Å². The van der Waals surface area contributed by atoms with Crippen LogP contribution in [0.3, 0.4) is 0 Å². The Morgan fingerprint density at radius 1 is 1.24 bits per heavy atom. The van der Waals surface area contributed by atoms with Gasteiger partial charge in [-0.05, 0) is 42.5 Å². The first-order valence-electron chi connectivity index (χ1n) is 6.06. The lowest BCUT2D eigenvalue weighted by molar-refractivity contribution is 0.0990. The summed E-state index contributed by atoms with van der Waals surface area (Å²) in [4.78, 5) is 14.1. The molecule has 1 amide bonds. The van der Waals surface area contributed by atoms with Gasteiger partial charge < -0.3 is 15.7 Å². The average Bonchev–Trinajstić information content (AvgIpc) is 2.46. The summed E-state index contributed by atoms with van der Waals surface area (Å²) in [5.74, 6) is -0.494. The van der Waals surface area contributed by atoms with Crippen LogP contribution < -0.4 is 10.6 Å². The number of carbonyl (C=O) groups is 1. The number of carbonyl (C=O) groups excluding carboxylic acids is 1. The lowest BCUT2D eigenvalue weighted by atomic mass is 10.1. The van der Waals surface area contributed by atoms with Crippen molar-refractivity contribution in [1.82, 2.24) is 0 Å². The molecule has 2 aromatic carbocycles. The van der Waals surface area contributed by atoms with Crippen LogP contribution in [0.4, 0.5) is 5.69 Å². The molecule has 0 atom stereocenters. The highest BCUT2D eigenvalue weighted by atomic mass is 35.5. The van der Waals surface area contributed by atoms with Crippen molar-refractivity contribution in [3.8, 4) is 5.75 Å². The molecule has 0 aliphatic heterocycles. The van der Waals surface area contributed by atoms with E-state index < -0.39 is 0 Å². The molecule has 21 heavy (non-hydrogen) atoms. The van der Waals surface area contributed by atoms with Crippen LogP contribution in [-0.2, 0) is 0 Å². The molecule has 108 valence electrons. The summed E-state index contributed by atoms with van der Waals surface area (Å²) in [5, 5.41) is 10.2. The van der Waals surface area contributed by atoms with E-state index in [4.69, 9.17) is 29.6 Å². The first kappa shape index (κ1) is 15.3. The zero-order valence-electron chi connectivity index (χ0n) is 11.2. The maximum atomic E-state index is 12.4. The third-order valence-corrected chi connectivity index (χ3v) is 3.50. The number of nitrogens with zero attached hydrogens (tertiary/aromatic N) is 1. The molecule has 6 heteroatoms. The smallest absolute Gasteiger partial charge is 0.261 e. The number of hydrogen-bond acceptors (Lipinski definition) is 3. The Bertz CT molecular complexity index is 701. The van der Waals surface area contributed by atoms with Crippen molar-refractivity contribution < 1.29 is 9.90 Å². The van der Waals surface area contributed by atoms with E-state index in [1.165, 1.54) is 17.0 Å². The Hall–Kier alpha value is -2.11. The number of amides is 1. The second-order valence-corrected chi connectivity index (χ2v) is 5.31. The predicted octanol–water partition coefficient (Wildman–Crippen LogP) is 2.96. The van der Waals surface area contributed by atoms with Gasteiger partial charge >= 0.3 is 0 Å². The topological polar surface area (TPSA) is 66.6 Å². The van der Waals surface area contributed by atoms with Crippen molar-refractivity contribution in [3.05, 3.63) is 58.6 Å². The van der Waals surface area contributed by atoms with Gasteiger partial charge in [-0.15, -0.1) is 0 Å². The zero-order valence-corrected chi connectivity index (χ0v) is 12.8. The van der Waals surface area contributed by atoms with Crippen LogP contribution in [0.1, 0.15) is 15.9 Å². The Morgan fingerprint density at radius 2 is 1.86 bits per heavy atom. The first-order valence-corrected chi connectivity index (χ1v) is 6.85. The fourth-order valence-corrected chi connectivity index (χ4v) is 2.14. The van der Waals surface area contributed by atoms with Gasteiger partial charge in [-0.25, -0.2) is 0 Å². The van der Waals surface area contributed by atoms with E-state index in [1.807, 2.05) is 0 Å². The molecule has 0 fully saturated rings. The number of aromatic hydroxyl groups is 1. The molecule has 2 aromatic rings. The van der Waals surface area contributed by atoms with Crippen molar-refractivity contribution in [2.45, 2.75) is 0 Å². The van der Waals surface area contributed by atoms with Crippen LogP contribution in [0.5, 0.6) is 5.75 Å². The SMILES string of the molecule is CN(C(=O)c1ccc(Cl)cc1O)c1ccc(C(N)=S)cc1. The molecule has 0 spiro atoms. The van der Waals surface area contributed by atoms with Crippen LogP contribution in [0.15, 0.2) is 42.5 Å². The molecule has 0 radical (unpaired) electrons. The molecule has 3 N–H and O–H groups in total. The van der Waals surface area contributed by atoms with E-state index in [1.54, 1.807) is 37.4 Å². The maximum absolute atomic E-state index is 12.4. The lowest BCUT2D eigenvalue weighted by Gasteiger charge is -2.18. The van der Waals surface area contributed by atoms with Crippen LogP contribution in [0.25, 0.3) is 0 Å². The minimum Gasteiger partial charge on any atom is -0.507 e. The van der Waals surface area contributed by atoms with Gasteiger partial charge in [0, 0.05) is 23.3 Å². The van der Waals surface area contributed by atoms with Crippen molar-refractivity contribution in [2.75, 3.05) is 11.9 Å². The third-order valence-electron chi connectivity index (χ3n) is 3.03. The predicted molar refractivity (Wildman–Crippen MR) is 88.2 cm³/mol. The summed E-state index contributed by atoms with van der Waals surface area (Å²) in [6, 6.07) is 11.3. The summed E-state index contributed by atoms with van der Waals surface area (Å²) in [5.41, 5.74) is 7.10. The monoisotopic (exact) mass is 320 g/mol. The standard InChI is InChI=1S/C15H13ClN2O2S/c1-18(11-5-2-9(3-6-11)14(17)21)15(20)12-7-4-10(16)8-13(12)19/h2-8,19H,1H3,(H2,17,21). The lowest BCUT2D eigenvalue weighted by Crippen LogP contribution is -2.26. The zero-order chi connectivity index (χ0) is 15.6. The number of phenols is 1. The van der Waals surface area contributed by atoms with E-state index in [2.05, 4.69) is 0 Å². The van der Waals surface area contributed by atoms with E-state index in [0.29, 0.717) is 15.7 Å². The number of benzene rings is 2. The van der Waals surface area contributed by atoms with E-state index in [0.717, 1.165) is 5.56 Å². The van der Waals surface area contributed by atoms with Crippen LogP contribution >= 0.6 is 23.8 Å². The van der Waals surface area contributed by atoms with Gasteiger partial charge in [0.2, 0.25) is 0 Å². The molecular weight excluding hydrogens is 308 g/mol. The Balaban J connectivity index is 2.28. The first-order chi connectivity index (χ1) is 9.90. The number of hydrogen-bond donors (Lipinski definition) is 2. The summed E-state index contributed by atoms with van der Waals surface area (Å²) in [6.07, 6.45) is 0. The van der Waals surface area contributed by atoms with E-state index >= 15 is 0 Å². The number of halogens is 1. The molecule has 2 rings (SSSR count). The average molecular weight is 321 g/mol. The normalized spacial score (nSPS) is 10.2. The van der Waals surface area contributed by atoms with Crippen molar-refractivity contribution in [3.63, 3.8) is 0 Å². The molecule has 0 unspecified atom stereocenters. The molecule has 0 aromatic heterocycles. The summed E-state index contributed by atoms with van der Waals surface area (Å²) in [7, 11) is 1.62.